The summed E-state index contributed by atoms with van der Waals surface area (Å²) in [5.41, 5.74) is 2.63. The smallest absolute Gasteiger partial charge is 0.0752 e. The van der Waals surface area contributed by atoms with E-state index < -0.39 is 0 Å². The van der Waals surface area contributed by atoms with Crippen LogP contribution in [0.4, 0.5) is 0 Å². The molecule has 3 rings (SSSR count). The minimum Gasteiger partial charge on any atom is -0.307 e. The summed E-state index contributed by atoms with van der Waals surface area (Å²) in [6.07, 6.45) is 4.36. The summed E-state index contributed by atoms with van der Waals surface area (Å²) < 4.78 is 0. The van der Waals surface area contributed by atoms with Gasteiger partial charge in [0, 0.05) is 17.1 Å². The molecule has 1 fully saturated rings. The van der Waals surface area contributed by atoms with Gasteiger partial charge in [0.1, 0.15) is 0 Å². The van der Waals surface area contributed by atoms with E-state index in [9.17, 15) is 0 Å². The van der Waals surface area contributed by atoms with Crippen LogP contribution >= 0.6 is 0 Å². The Hall–Kier alpha value is -1.41. The minimum atomic E-state index is 0.105. The van der Waals surface area contributed by atoms with Gasteiger partial charge >= 0.3 is 0 Å². The first-order valence-corrected chi connectivity index (χ1v) is 6.83. The number of fused-ring (bicyclic) bond motifs is 1. The normalized spacial score (nSPS) is 23.9. The molecular formula is C16H20N2. The number of nitrogens with one attached hydrogen (secondary N) is 1. The van der Waals surface area contributed by atoms with Crippen molar-refractivity contribution in [1.82, 2.24) is 10.3 Å². The van der Waals surface area contributed by atoms with Crippen LogP contribution in [-0.4, -0.2) is 11.5 Å². The Morgan fingerprint density at radius 1 is 1.22 bits per heavy atom. The van der Waals surface area contributed by atoms with Crippen LogP contribution in [0.2, 0.25) is 0 Å². The van der Waals surface area contributed by atoms with E-state index in [1.165, 1.54) is 23.8 Å². The third-order valence-electron chi connectivity index (χ3n) is 4.29. The van der Waals surface area contributed by atoms with Crippen LogP contribution in [0.1, 0.15) is 32.3 Å². The molecule has 18 heavy (non-hydrogen) atoms. The standard InChI is InChI=1S/C16H20N2/c1-12(2)16(9-5-11-18-16)14-8-3-6-13-7-4-10-17-15(13)14/h3-4,6-8,10,12,18H,5,9,11H2,1-2H3. The van der Waals surface area contributed by atoms with E-state index >= 15 is 0 Å². The monoisotopic (exact) mass is 240 g/mol. The van der Waals surface area contributed by atoms with Gasteiger partial charge in [0.2, 0.25) is 0 Å². The molecule has 1 atom stereocenters. The highest BCUT2D eigenvalue weighted by atomic mass is 15.0. The highest BCUT2D eigenvalue weighted by Crippen LogP contribution is 2.40. The molecule has 2 heteroatoms. The molecule has 1 aliphatic rings. The lowest BCUT2D eigenvalue weighted by atomic mass is 9.78. The van der Waals surface area contributed by atoms with Crippen molar-refractivity contribution in [2.75, 3.05) is 6.54 Å². The molecule has 0 saturated carbocycles. The number of rotatable bonds is 2. The van der Waals surface area contributed by atoms with Gasteiger partial charge in [-0.3, -0.25) is 4.98 Å². The zero-order valence-electron chi connectivity index (χ0n) is 11.1. The molecule has 1 aromatic carbocycles. The van der Waals surface area contributed by atoms with Gasteiger partial charge in [-0.15, -0.1) is 0 Å². The van der Waals surface area contributed by atoms with Gasteiger partial charge in [0.25, 0.3) is 0 Å². The van der Waals surface area contributed by atoms with E-state index in [2.05, 4.69) is 48.4 Å². The predicted molar refractivity (Wildman–Crippen MR) is 75.5 cm³/mol. The van der Waals surface area contributed by atoms with Crippen molar-refractivity contribution >= 4 is 10.9 Å². The van der Waals surface area contributed by atoms with Crippen LogP contribution in [0, 0.1) is 5.92 Å². The quantitative estimate of drug-likeness (QED) is 0.869. The molecule has 1 aliphatic heterocycles. The van der Waals surface area contributed by atoms with E-state index in [1.54, 1.807) is 0 Å². The van der Waals surface area contributed by atoms with Gasteiger partial charge < -0.3 is 5.32 Å². The number of aromatic nitrogens is 1. The van der Waals surface area contributed by atoms with Crippen molar-refractivity contribution in [3.8, 4) is 0 Å². The molecule has 1 aromatic heterocycles. The first-order valence-electron chi connectivity index (χ1n) is 6.83. The van der Waals surface area contributed by atoms with E-state index in [1.807, 2.05) is 12.3 Å². The second-order valence-electron chi connectivity index (χ2n) is 5.54. The van der Waals surface area contributed by atoms with Gasteiger partial charge in [-0.05, 0) is 36.9 Å². The predicted octanol–water partition coefficient (Wildman–Crippen LogP) is 3.47. The van der Waals surface area contributed by atoms with Crippen LogP contribution in [0.15, 0.2) is 36.5 Å². The third kappa shape index (κ3) is 1.64. The van der Waals surface area contributed by atoms with E-state index in [0.29, 0.717) is 5.92 Å². The average Bonchev–Trinajstić information content (AvgIpc) is 2.88. The lowest BCUT2D eigenvalue weighted by Gasteiger charge is -2.35. The molecule has 0 spiro atoms. The SMILES string of the molecule is CC(C)C1(c2cccc3cccnc23)CCCN1. The average molecular weight is 240 g/mol. The fourth-order valence-electron chi connectivity index (χ4n) is 3.26. The summed E-state index contributed by atoms with van der Waals surface area (Å²) in [6.45, 7) is 5.72. The second kappa shape index (κ2) is 4.36. The number of benzene rings is 1. The second-order valence-corrected chi connectivity index (χ2v) is 5.54. The molecule has 0 amide bonds. The van der Waals surface area contributed by atoms with Crippen molar-refractivity contribution in [1.29, 1.82) is 0 Å². The summed E-state index contributed by atoms with van der Waals surface area (Å²) in [5, 5.41) is 4.98. The number of nitrogens with zero attached hydrogens (tertiary/aromatic N) is 1. The van der Waals surface area contributed by atoms with Crippen LogP contribution in [0.25, 0.3) is 10.9 Å². The van der Waals surface area contributed by atoms with Crippen LogP contribution in [0.5, 0.6) is 0 Å². The molecule has 94 valence electrons. The molecule has 1 saturated heterocycles. The molecule has 0 aliphatic carbocycles. The molecule has 1 unspecified atom stereocenters. The highest BCUT2D eigenvalue weighted by molar-refractivity contribution is 5.82. The molecule has 0 bridgehead atoms. The molecular weight excluding hydrogens is 220 g/mol. The van der Waals surface area contributed by atoms with Gasteiger partial charge in [0.05, 0.1) is 5.52 Å². The Balaban J connectivity index is 2.24. The number of pyridine rings is 1. The maximum Gasteiger partial charge on any atom is 0.0752 e. The minimum absolute atomic E-state index is 0.105. The van der Waals surface area contributed by atoms with Crippen molar-refractivity contribution in [3.05, 3.63) is 42.1 Å². The maximum atomic E-state index is 4.61. The number of para-hydroxylation sites is 1. The summed E-state index contributed by atoms with van der Waals surface area (Å²) in [5.74, 6) is 0.576. The Bertz CT molecular complexity index is 549. The summed E-state index contributed by atoms with van der Waals surface area (Å²) in [6, 6.07) is 10.7. The topological polar surface area (TPSA) is 24.9 Å². The third-order valence-corrected chi connectivity index (χ3v) is 4.29. The van der Waals surface area contributed by atoms with E-state index in [0.717, 1.165) is 12.1 Å². The van der Waals surface area contributed by atoms with E-state index in [-0.39, 0.29) is 5.54 Å². The Morgan fingerprint density at radius 2 is 2.06 bits per heavy atom. The lowest BCUT2D eigenvalue weighted by molar-refractivity contribution is 0.279. The van der Waals surface area contributed by atoms with Gasteiger partial charge in [-0.2, -0.15) is 0 Å². The maximum absolute atomic E-state index is 4.61. The van der Waals surface area contributed by atoms with Crippen LogP contribution in [0.3, 0.4) is 0 Å². The Kier molecular flexibility index (Phi) is 2.83. The highest BCUT2D eigenvalue weighted by Gasteiger charge is 2.39. The first kappa shape index (κ1) is 11.7. The van der Waals surface area contributed by atoms with Crippen molar-refractivity contribution in [2.45, 2.75) is 32.2 Å². The lowest BCUT2D eigenvalue weighted by Crippen LogP contribution is -2.42. The largest absolute Gasteiger partial charge is 0.307 e. The van der Waals surface area contributed by atoms with Crippen molar-refractivity contribution < 1.29 is 0 Å². The Morgan fingerprint density at radius 3 is 2.78 bits per heavy atom. The van der Waals surface area contributed by atoms with Gasteiger partial charge in [-0.25, -0.2) is 0 Å². The number of hydrogen-bond donors (Lipinski definition) is 1. The number of hydrogen-bond acceptors (Lipinski definition) is 2. The zero-order valence-corrected chi connectivity index (χ0v) is 11.1. The van der Waals surface area contributed by atoms with Gasteiger partial charge in [-0.1, -0.05) is 38.1 Å². The van der Waals surface area contributed by atoms with Crippen LogP contribution < -0.4 is 5.32 Å². The van der Waals surface area contributed by atoms with Crippen LogP contribution in [-0.2, 0) is 5.54 Å². The van der Waals surface area contributed by atoms with E-state index in [4.69, 9.17) is 0 Å². The van der Waals surface area contributed by atoms with Crippen molar-refractivity contribution in [2.24, 2.45) is 5.92 Å². The fraction of sp³-hybridized carbons (Fsp3) is 0.438. The molecule has 2 nitrogen and oxygen atoms in total. The molecule has 1 N–H and O–H groups in total. The molecule has 2 heterocycles. The summed E-state index contributed by atoms with van der Waals surface area (Å²) in [7, 11) is 0. The van der Waals surface area contributed by atoms with Gasteiger partial charge in [0.15, 0.2) is 0 Å². The van der Waals surface area contributed by atoms with Crippen molar-refractivity contribution in [3.63, 3.8) is 0 Å². The summed E-state index contributed by atoms with van der Waals surface area (Å²) in [4.78, 5) is 4.61. The molecule has 0 radical (unpaired) electrons. The first-order chi connectivity index (χ1) is 8.74. The fourth-order valence-corrected chi connectivity index (χ4v) is 3.26. The summed E-state index contributed by atoms with van der Waals surface area (Å²) >= 11 is 0. The Labute approximate surface area is 108 Å². The molecule has 2 aromatic rings. The zero-order chi connectivity index (χ0) is 12.6.